The lowest BCUT2D eigenvalue weighted by Crippen LogP contribution is -2.62. The van der Waals surface area contributed by atoms with Gasteiger partial charge in [0.1, 0.15) is 0 Å². The molecule has 1 aromatic rings. The van der Waals surface area contributed by atoms with Crippen LogP contribution in [0.25, 0.3) is 0 Å². The molecule has 1 amide bonds. The number of carbonyl (C=O) groups excluding carboxylic acids is 1. The first-order chi connectivity index (χ1) is 10.6. The van der Waals surface area contributed by atoms with Crippen LogP contribution in [0.15, 0.2) is 24.3 Å². The van der Waals surface area contributed by atoms with Crippen molar-refractivity contribution in [2.24, 2.45) is 5.41 Å². The lowest BCUT2D eigenvalue weighted by Gasteiger charge is -2.56. The van der Waals surface area contributed by atoms with Crippen LogP contribution in [0.4, 0.5) is 0 Å². The predicted octanol–water partition coefficient (Wildman–Crippen LogP) is 2.39. The highest BCUT2D eigenvalue weighted by Gasteiger charge is 2.56. The van der Waals surface area contributed by atoms with E-state index < -0.39 is 0 Å². The molecule has 1 spiro atoms. The molecular weight excluding hydrogens is 278 g/mol. The molecule has 1 heterocycles. The fourth-order valence-electron chi connectivity index (χ4n) is 3.90. The first-order valence-corrected chi connectivity index (χ1v) is 8.22. The highest BCUT2D eigenvalue weighted by molar-refractivity contribution is 5.94. The van der Waals surface area contributed by atoms with Crippen LogP contribution in [0.1, 0.15) is 42.1 Å². The second kappa shape index (κ2) is 6.01. The van der Waals surface area contributed by atoms with E-state index in [4.69, 9.17) is 4.74 Å². The first kappa shape index (κ1) is 15.5. The number of likely N-dealkylation sites (tertiary alicyclic amines) is 1. The molecule has 3 rings (SSSR count). The molecule has 1 saturated carbocycles. The number of aryl methyl sites for hydroxylation is 1. The summed E-state index contributed by atoms with van der Waals surface area (Å²) in [4.78, 5) is 14.5. The third-order valence-electron chi connectivity index (χ3n) is 5.36. The van der Waals surface area contributed by atoms with Gasteiger partial charge in [0.15, 0.2) is 0 Å². The molecule has 0 bridgehead atoms. The van der Waals surface area contributed by atoms with Gasteiger partial charge in [0.2, 0.25) is 0 Å². The lowest BCUT2D eigenvalue weighted by molar-refractivity contribution is -0.207. The van der Waals surface area contributed by atoms with Crippen molar-refractivity contribution in [3.8, 4) is 0 Å². The molecule has 22 heavy (non-hydrogen) atoms. The minimum Gasteiger partial charge on any atom is -0.392 e. The second-order valence-electron chi connectivity index (χ2n) is 6.59. The number of hydrogen-bond donors (Lipinski definition) is 1. The van der Waals surface area contributed by atoms with Gasteiger partial charge < -0.3 is 14.7 Å². The zero-order valence-electron chi connectivity index (χ0n) is 13.4. The third kappa shape index (κ3) is 2.55. The molecule has 2 atom stereocenters. The molecule has 1 saturated heterocycles. The molecule has 2 fully saturated rings. The van der Waals surface area contributed by atoms with E-state index >= 15 is 0 Å². The number of rotatable bonds is 3. The molecule has 1 aromatic carbocycles. The quantitative estimate of drug-likeness (QED) is 0.933. The van der Waals surface area contributed by atoms with E-state index in [0.29, 0.717) is 19.7 Å². The topological polar surface area (TPSA) is 49.8 Å². The molecule has 1 aliphatic carbocycles. The number of hydrogen-bond acceptors (Lipinski definition) is 3. The molecule has 4 nitrogen and oxygen atoms in total. The van der Waals surface area contributed by atoms with Crippen LogP contribution in [0.2, 0.25) is 0 Å². The fourth-order valence-corrected chi connectivity index (χ4v) is 3.90. The van der Waals surface area contributed by atoms with Crippen molar-refractivity contribution in [1.82, 2.24) is 4.90 Å². The summed E-state index contributed by atoms with van der Waals surface area (Å²) in [5.74, 6) is 0.0975. The summed E-state index contributed by atoms with van der Waals surface area (Å²) in [6.07, 6.45) is 2.27. The standard InChI is InChI=1S/C18H25NO3/c1-3-22-16-12-15(20)18(16)7-9-19(10-8-18)17(21)14-6-4-5-13(2)11-14/h4-6,11,15-16,20H,3,7-10,12H2,1-2H3/t15-,16-/m0/s1. The van der Waals surface area contributed by atoms with Crippen LogP contribution < -0.4 is 0 Å². The normalized spacial score (nSPS) is 26.8. The van der Waals surface area contributed by atoms with Gasteiger partial charge in [-0.15, -0.1) is 0 Å². The number of carbonyl (C=O) groups is 1. The number of nitrogens with zero attached hydrogens (tertiary/aromatic N) is 1. The Labute approximate surface area is 132 Å². The minimum atomic E-state index is -0.278. The Balaban J connectivity index is 1.65. The number of piperidine rings is 1. The van der Waals surface area contributed by atoms with Crippen molar-refractivity contribution in [2.75, 3.05) is 19.7 Å². The highest BCUT2D eigenvalue weighted by Crippen LogP contribution is 2.51. The molecular formula is C18H25NO3. The van der Waals surface area contributed by atoms with Gasteiger partial charge >= 0.3 is 0 Å². The summed E-state index contributed by atoms with van der Waals surface area (Å²) < 4.78 is 5.77. The van der Waals surface area contributed by atoms with Crippen LogP contribution in [0.5, 0.6) is 0 Å². The zero-order chi connectivity index (χ0) is 15.7. The van der Waals surface area contributed by atoms with Crippen molar-refractivity contribution in [1.29, 1.82) is 0 Å². The molecule has 0 aromatic heterocycles. The van der Waals surface area contributed by atoms with Crippen molar-refractivity contribution in [3.05, 3.63) is 35.4 Å². The van der Waals surface area contributed by atoms with Gasteiger partial charge in [0.25, 0.3) is 5.91 Å². The van der Waals surface area contributed by atoms with E-state index in [0.717, 1.165) is 30.4 Å². The highest BCUT2D eigenvalue weighted by atomic mass is 16.5. The van der Waals surface area contributed by atoms with Gasteiger partial charge in [0.05, 0.1) is 12.2 Å². The average molecular weight is 303 g/mol. The van der Waals surface area contributed by atoms with Crippen LogP contribution in [-0.2, 0) is 4.74 Å². The Morgan fingerprint density at radius 2 is 2.14 bits per heavy atom. The first-order valence-electron chi connectivity index (χ1n) is 8.22. The van der Waals surface area contributed by atoms with Crippen LogP contribution in [-0.4, -0.2) is 47.8 Å². The maximum Gasteiger partial charge on any atom is 0.253 e. The van der Waals surface area contributed by atoms with Gasteiger partial charge in [-0.05, 0) is 38.8 Å². The van der Waals surface area contributed by atoms with Crippen molar-refractivity contribution in [3.63, 3.8) is 0 Å². The van der Waals surface area contributed by atoms with E-state index in [1.54, 1.807) is 0 Å². The molecule has 1 aliphatic heterocycles. The van der Waals surface area contributed by atoms with E-state index in [1.807, 2.05) is 43.0 Å². The second-order valence-corrected chi connectivity index (χ2v) is 6.59. The van der Waals surface area contributed by atoms with E-state index in [-0.39, 0.29) is 23.5 Å². The molecule has 0 radical (unpaired) electrons. The predicted molar refractivity (Wildman–Crippen MR) is 84.8 cm³/mol. The number of ether oxygens (including phenoxy) is 1. The lowest BCUT2D eigenvalue weighted by atomic mass is 9.58. The van der Waals surface area contributed by atoms with Crippen LogP contribution in [0.3, 0.4) is 0 Å². The maximum absolute atomic E-state index is 12.6. The Hall–Kier alpha value is -1.39. The third-order valence-corrected chi connectivity index (χ3v) is 5.36. The van der Waals surface area contributed by atoms with Crippen LogP contribution >= 0.6 is 0 Å². The van der Waals surface area contributed by atoms with Gasteiger partial charge in [0, 0.05) is 37.1 Å². The largest absolute Gasteiger partial charge is 0.392 e. The van der Waals surface area contributed by atoms with E-state index in [9.17, 15) is 9.90 Å². The van der Waals surface area contributed by atoms with E-state index in [1.165, 1.54) is 0 Å². The van der Waals surface area contributed by atoms with Gasteiger partial charge in [-0.3, -0.25) is 4.79 Å². The minimum absolute atomic E-state index is 0.0975. The van der Waals surface area contributed by atoms with Crippen molar-refractivity contribution in [2.45, 2.75) is 45.3 Å². The van der Waals surface area contributed by atoms with Crippen molar-refractivity contribution < 1.29 is 14.6 Å². The van der Waals surface area contributed by atoms with Crippen LogP contribution in [0, 0.1) is 12.3 Å². The average Bonchev–Trinajstić information content (AvgIpc) is 2.54. The maximum atomic E-state index is 12.6. The Bertz CT molecular complexity index is 547. The number of amides is 1. The molecule has 0 unspecified atom stereocenters. The summed E-state index contributed by atoms with van der Waals surface area (Å²) >= 11 is 0. The van der Waals surface area contributed by atoms with E-state index in [2.05, 4.69) is 0 Å². The van der Waals surface area contributed by atoms with Crippen molar-refractivity contribution >= 4 is 5.91 Å². The summed E-state index contributed by atoms with van der Waals surface area (Å²) in [5.41, 5.74) is 1.73. The number of benzene rings is 1. The number of aliphatic hydroxyl groups is 1. The SMILES string of the molecule is CCO[C@H]1C[C@H](O)C12CCN(C(=O)c1cccc(C)c1)CC2. The number of aliphatic hydroxyl groups excluding tert-OH is 1. The summed E-state index contributed by atoms with van der Waals surface area (Å²) in [6, 6.07) is 7.74. The summed E-state index contributed by atoms with van der Waals surface area (Å²) in [5, 5.41) is 10.2. The van der Waals surface area contributed by atoms with Gasteiger partial charge in [-0.2, -0.15) is 0 Å². The molecule has 2 aliphatic rings. The molecule has 1 N–H and O–H groups in total. The smallest absolute Gasteiger partial charge is 0.253 e. The molecule has 120 valence electrons. The van der Waals surface area contributed by atoms with Gasteiger partial charge in [-0.1, -0.05) is 17.7 Å². The Kier molecular flexibility index (Phi) is 4.24. The summed E-state index contributed by atoms with van der Waals surface area (Å²) in [6.45, 7) is 6.08. The molecule has 4 heteroatoms. The monoisotopic (exact) mass is 303 g/mol. The zero-order valence-corrected chi connectivity index (χ0v) is 13.4. The summed E-state index contributed by atoms with van der Waals surface area (Å²) in [7, 11) is 0. The van der Waals surface area contributed by atoms with Gasteiger partial charge in [-0.25, -0.2) is 0 Å². The Morgan fingerprint density at radius 3 is 2.73 bits per heavy atom. The Morgan fingerprint density at radius 1 is 1.41 bits per heavy atom. The fraction of sp³-hybridized carbons (Fsp3) is 0.611.